The third kappa shape index (κ3) is 4.06. The van der Waals surface area contributed by atoms with Crippen LogP contribution in [-0.4, -0.2) is 76.2 Å². The third-order valence-corrected chi connectivity index (χ3v) is 6.12. The fraction of sp³-hybridized carbons (Fsp3) is 0.522. The molecule has 2 aromatic rings. The van der Waals surface area contributed by atoms with Gasteiger partial charge in [-0.2, -0.15) is 0 Å². The summed E-state index contributed by atoms with van der Waals surface area (Å²) in [5.41, 5.74) is 2.22. The molecule has 1 aromatic carbocycles. The van der Waals surface area contributed by atoms with Crippen LogP contribution < -0.4 is 0 Å². The Morgan fingerprint density at radius 2 is 1.97 bits per heavy atom. The predicted octanol–water partition coefficient (Wildman–Crippen LogP) is 2.03. The standard InChI is InChI=1S/C23H30N4O3/c1-16(2)14-26-15-22(29)27-12-11-25(10-9-20(27)23(26)30)21(28)8-7-17-13-24-19-6-4-3-5-18(17)19/h3-6,13,16,20,24H,7-12,14-15H2,1-2H3. The number of para-hydroxylation sites is 1. The number of amides is 3. The third-order valence-electron chi connectivity index (χ3n) is 6.12. The van der Waals surface area contributed by atoms with E-state index in [0.29, 0.717) is 51.4 Å². The zero-order valence-electron chi connectivity index (χ0n) is 17.8. The molecule has 1 atom stereocenters. The van der Waals surface area contributed by atoms with Crippen LogP contribution in [0.5, 0.6) is 0 Å². The molecule has 0 radical (unpaired) electrons. The lowest BCUT2D eigenvalue weighted by Crippen LogP contribution is -2.60. The minimum atomic E-state index is -0.434. The Kier molecular flexibility index (Phi) is 5.79. The quantitative estimate of drug-likeness (QED) is 0.819. The number of aromatic amines is 1. The molecule has 2 fully saturated rings. The molecule has 160 valence electrons. The first-order valence-electron chi connectivity index (χ1n) is 10.8. The fourth-order valence-corrected chi connectivity index (χ4v) is 4.61. The molecule has 30 heavy (non-hydrogen) atoms. The van der Waals surface area contributed by atoms with Crippen molar-refractivity contribution in [1.82, 2.24) is 19.7 Å². The second-order valence-corrected chi connectivity index (χ2v) is 8.74. The molecule has 1 unspecified atom stereocenters. The average molecular weight is 411 g/mol. The van der Waals surface area contributed by atoms with Crippen LogP contribution in [-0.2, 0) is 20.8 Å². The first-order valence-corrected chi connectivity index (χ1v) is 10.8. The van der Waals surface area contributed by atoms with E-state index in [1.807, 2.05) is 43.1 Å². The maximum atomic E-state index is 12.9. The number of hydrogen-bond acceptors (Lipinski definition) is 3. The molecular formula is C23H30N4O3. The van der Waals surface area contributed by atoms with Gasteiger partial charge in [0.2, 0.25) is 17.7 Å². The number of carbonyl (C=O) groups excluding carboxylic acids is 3. The van der Waals surface area contributed by atoms with Gasteiger partial charge < -0.3 is 19.7 Å². The number of rotatable bonds is 5. The lowest BCUT2D eigenvalue weighted by atomic mass is 10.1. The Morgan fingerprint density at radius 1 is 1.17 bits per heavy atom. The zero-order valence-corrected chi connectivity index (χ0v) is 17.8. The minimum absolute atomic E-state index is 0.00617. The number of hydrogen-bond donors (Lipinski definition) is 1. The number of benzene rings is 1. The Balaban J connectivity index is 1.38. The van der Waals surface area contributed by atoms with Gasteiger partial charge in [-0.05, 0) is 30.4 Å². The summed E-state index contributed by atoms with van der Waals surface area (Å²) in [6.07, 6.45) is 3.58. The van der Waals surface area contributed by atoms with Crippen LogP contribution in [0.3, 0.4) is 0 Å². The van der Waals surface area contributed by atoms with Gasteiger partial charge in [0.15, 0.2) is 0 Å². The van der Waals surface area contributed by atoms with Crippen LogP contribution in [0.25, 0.3) is 10.9 Å². The van der Waals surface area contributed by atoms with Crippen molar-refractivity contribution in [3.8, 4) is 0 Å². The summed E-state index contributed by atoms with van der Waals surface area (Å²) in [6.45, 7) is 6.29. The summed E-state index contributed by atoms with van der Waals surface area (Å²) >= 11 is 0. The van der Waals surface area contributed by atoms with E-state index in [9.17, 15) is 14.4 Å². The van der Waals surface area contributed by atoms with Crippen LogP contribution in [0.15, 0.2) is 30.5 Å². The van der Waals surface area contributed by atoms with Crippen molar-refractivity contribution in [3.63, 3.8) is 0 Å². The molecule has 4 rings (SSSR count). The fourth-order valence-electron chi connectivity index (χ4n) is 4.61. The maximum absolute atomic E-state index is 12.9. The van der Waals surface area contributed by atoms with Crippen LogP contribution in [0.2, 0.25) is 0 Å². The molecule has 0 saturated carbocycles. The molecule has 2 aliphatic heterocycles. The largest absolute Gasteiger partial charge is 0.361 e. The van der Waals surface area contributed by atoms with Gasteiger partial charge in [0.05, 0.1) is 6.54 Å². The highest BCUT2D eigenvalue weighted by Crippen LogP contribution is 2.22. The number of piperazine rings is 1. The van der Waals surface area contributed by atoms with E-state index in [2.05, 4.69) is 11.1 Å². The molecule has 2 saturated heterocycles. The van der Waals surface area contributed by atoms with E-state index in [0.717, 1.165) is 16.5 Å². The molecular weight excluding hydrogens is 380 g/mol. The number of carbonyl (C=O) groups is 3. The Morgan fingerprint density at radius 3 is 2.77 bits per heavy atom. The monoisotopic (exact) mass is 410 g/mol. The minimum Gasteiger partial charge on any atom is -0.361 e. The molecule has 3 heterocycles. The summed E-state index contributed by atoms with van der Waals surface area (Å²) in [7, 11) is 0. The average Bonchev–Trinajstić information content (AvgIpc) is 2.99. The van der Waals surface area contributed by atoms with Gasteiger partial charge in [0.1, 0.15) is 6.04 Å². The highest BCUT2D eigenvalue weighted by molar-refractivity contribution is 5.95. The number of aromatic nitrogens is 1. The van der Waals surface area contributed by atoms with E-state index < -0.39 is 6.04 Å². The molecule has 3 amide bonds. The van der Waals surface area contributed by atoms with Gasteiger partial charge in [0.25, 0.3) is 0 Å². The van der Waals surface area contributed by atoms with E-state index in [4.69, 9.17) is 0 Å². The molecule has 7 heteroatoms. The summed E-state index contributed by atoms with van der Waals surface area (Å²) < 4.78 is 0. The van der Waals surface area contributed by atoms with Crippen LogP contribution in [0, 0.1) is 5.92 Å². The smallest absolute Gasteiger partial charge is 0.245 e. The molecule has 7 nitrogen and oxygen atoms in total. The number of nitrogens with one attached hydrogen (secondary N) is 1. The summed E-state index contributed by atoms with van der Waals surface area (Å²) in [6, 6.07) is 7.66. The van der Waals surface area contributed by atoms with Gasteiger partial charge >= 0.3 is 0 Å². The van der Waals surface area contributed by atoms with Gasteiger partial charge in [0, 0.05) is 49.7 Å². The first-order chi connectivity index (χ1) is 14.4. The van der Waals surface area contributed by atoms with Crippen LogP contribution >= 0.6 is 0 Å². The van der Waals surface area contributed by atoms with Gasteiger partial charge in [-0.25, -0.2) is 0 Å². The number of fused-ring (bicyclic) bond motifs is 2. The zero-order chi connectivity index (χ0) is 21.3. The summed E-state index contributed by atoms with van der Waals surface area (Å²) in [4.78, 5) is 46.8. The van der Waals surface area contributed by atoms with Gasteiger partial charge in [-0.15, -0.1) is 0 Å². The predicted molar refractivity (Wildman–Crippen MR) is 115 cm³/mol. The summed E-state index contributed by atoms with van der Waals surface area (Å²) in [5, 5.41) is 1.15. The first kappa shape index (κ1) is 20.4. The van der Waals surface area contributed by atoms with Crippen molar-refractivity contribution in [1.29, 1.82) is 0 Å². The highest BCUT2D eigenvalue weighted by Gasteiger charge is 2.41. The summed E-state index contributed by atoms with van der Waals surface area (Å²) in [5.74, 6) is 0.422. The topological polar surface area (TPSA) is 76.7 Å². The number of H-pyrrole nitrogens is 1. The molecule has 2 aliphatic rings. The van der Waals surface area contributed by atoms with E-state index in [1.54, 1.807) is 9.80 Å². The van der Waals surface area contributed by atoms with Gasteiger partial charge in [-0.3, -0.25) is 14.4 Å². The second-order valence-electron chi connectivity index (χ2n) is 8.74. The number of nitrogens with zero attached hydrogens (tertiary/aromatic N) is 3. The lowest BCUT2D eigenvalue weighted by molar-refractivity contribution is -0.156. The molecule has 0 aliphatic carbocycles. The second kappa shape index (κ2) is 8.50. The maximum Gasteiger partial charge on any atom is 0.245 e. The van der Waals surface area contributed by atoms with Crippen molar-refractivity contribution in [2.75, 3.05) is 32.7 Å². The van der Waals surface area contributed by atoms with Crippen molar-refractivity contribution >= 4 is 28.6 Å². The van der Waals surface area contributed by atoms with E-state index in [-0.39, 0.29) is 24.3 Å². The molecule has 1 aromatic heterocycles. The van der Waals surface area contributed by atoms with Crippen molar-refractivity contribution in [3.05, 3.63) is 36.0 Å². The van der Waals surface area contributed by atoms with Crippen LogP contribution in [0.4, 0.5) is 0 Å². The van der Waals surface area contributed by atoms with Crippen LogP contribution in [0.1, 0.15) is 32.3 Å². The number of aryl methyl sites for hydroxylation is 1. The normalized spacial score (nSPS) is 20.1. The Hall–Kier alpha value is -2.83. The van der Waals surface area contributed by atoms with E-state index in [1.165, 1.54) is 0 Å². The molecule has 0 bridgehead atoms. The lowest BCUT2D eigenvalue weighted by Gasteiger charge is -2.39. The highest BCUT2D eigenvalue weighted by atomic mass is 16.2. The SMILES string of the molecule is CC(C)CN1CC(=O)N2CCN(C(=O)CCc3c[nH]c4ccccc34)CCC2C1=O. The van der Waals surface area contributed by atoms with Gasteiger partial charge in [-0.1, -0.05) is 32.0 Å². The van der Waals surface area contributed by atoms with Crippen molar-refractivity contribution < 1.29 is 14.4 Å². The molecule has 0 spiro atoms. The Bertz CT molecular complexity index is 951. The Labute approximate surface area is 177 Å². The van der Waals surface area contributed by atoms with Crippen molar-refractivity contribution in [2.45, 2.75) is 39.2 Å². The molecule has 1 N–H and O–H groups in total. The van der Waals surface area contributed by atoms with E-state index >= 15 is 0 Å². The van der Waals surface area contributed by atoms with Crippen molar-refractivity contribution in [2.24, 2.45) is 5.92 Å².